The van der Waals surface area contributed by atoms with Gasteiger partial charge in [-0.25, -0.2) is 0 Å². The lowest BCUT2D eigenvalue weighted by Crippen LogP contribution is -2.06. The van der Waals surface area contributed by atoms with Crippen LogP contribution in [0, 0.1) is 0 Å². The van der Waals surface area contributed by atoms with E-state index in [1.807, 2.05) is 48.5 Å². The monoisotopic (exact) mass is 350 g/mol. The summed E-state index contributed by atoms with van der Waals surface area (Å²) >= 11 is 3.46. The highest BCUT2D eigenvalue weighted by Crippen LogP contribution is 2.32. The number of para-hydroxylation sites is 2. The molecule has 0 atom stereocenters. The fourth-order valence-electron chi connectivity index (χ4n) is 1.93. The third kappa shape index (κ3) is 4.67. The average Bonchev–Trinajstić information content (AvgIpc) is 2.55. The van der Waals surface area contributed by atoms with Gasteiger partial charge in [0.25, 0.3) is 0 Å². The predicted octanol–water partition coefficient (Wildman–Crippen LogP) is 4.44. The molecule has 0 aliphatic rings. The van der Waals surface area contributed by atoms with Gasteiger partial charge in [-0.2, -0.15) is 0 Å². The molecule has 2 aromatic rings. The van der Waals surface area contributed by atoms with Gasteiger partial charge in [0.15, 0.2) is 11.5 Å². The lowest BCUT2D eigenvalue weighted by atomic mass is 10.2. The first-order chi connectivity index (χ1) is 10.3. The van der Waals surface area contributed by atoms with Crippen molar-refractivity contribution in [2.75, 3.05) is 20.3 Å². The van der Waals surface area contributed by atoms with Crippen molar-refractivity contribution in [1.82, 2.24) is 0 Å². The Morgan fingerprint density at radius 2 is 1.67 bits per heavy atom. The second kappa shape index (κ2) is 8.57. The lowest BCUT2D eigenvalue weighted by Gasteiger charge is -2.14. The molecule has 2 aromatic carbocycles. The Labute approximate surface area is 134 Å². The van der Waals surface area contributed by atoms with Crippen LogP contribution in [0.1, 0.15) is 12.0 Å². The Balaban J connectivity index is 1.81. The summed E-state index contributed by atoms with van der Waals surface area (Å²) in [4.78, 5) is 0. The van der Waals surface area contributed by atoms with Gasteiger partial charge >= 0.3 is 0 Å². The predicted molar refractivity (Wildman–Crippen MR) is 87.7 cm³/mol. The van der Waals surface area contributed by atoms with Gasteiger partial charge in [0.1, 0.15) is 5.75 Å². The van der Waals surface area contributed by atoms with Gasteiger partial charge in [-0.05, 0) is 18.2 Å². The van der Waals surface area contributed by atoms with Crippen molar-refractivity contribution >= 4 is 15.9 Å². The van der Waals surface area contributed by atoms with Gasteiger partial charge in [0.05, 0.1) is 20.3 Å². The smallest absolute Gasteiger partial charge is 0.165 e. The zero-order chi connectivity index (χ0) is 14.9. The molecule has 0 unspecified atom stereocenters. The molecule has 0 radical (unpaired) electrons. The molecule has 0 bridgehead atoms. The van der Waals surface area contributed by atoms with Crippen molar-refractivity contribution in [2.45, 2.75) is 11.8 Å². The van der Waals surface area contributed by atoms with E-state index in [0.29, 0.717) is 13.2 Å². The summed E-state index contributed by atoms with van der Waals surface area (Å²) in [6, 6.07) is 15.7. The standard InChI is InChI=1S/C17H19BrO3/c1-19-16-10-5-7-14(13-18)17(16)21-12-6-11-20-15-8-3-2-4-9-15/h2-5,7-10H,6,11-13H2,1H3. The van der Waals surface area contributed by atoms with E-state index < -0.39 is 0 Å². The van der Waals surface area contributed by atoms with E-state index in [2.05, 4.69) is 15.9 Å². The molecule has 0 spiro atoms. The molecular formula is C17H19BrO3. The van der Waals surface area contributed by atoms with Gasteiger partial charge in [-0.3, -0.25) is 0 Å². The number of halogens is 1. The van der Waals surface area contributed by atoms with Crippen molar-refractivity contribution in [2.24, 2.45) is 0 Å². The molecule has 0 heterocycles. The fourth-order valence-corrected chi connectivity index (χ4v) is 2.37. The highest BCUT2D eigenvalue weighted by Gasteiger charge is 2.09. The van der Waals surface area contributed by atoms with Crippen molar-refractivity contribution in [3.05, 3.63) is 54.1 Å². The molecule has 0 aliphatic carbocycles. The molecule has 0 amide bonds. The van der Waals surface area contributed by atoms with Crippen LogP contribution in [0.3, 0.4) is 0 Å². The maximum atomic E-state index is 5.85. The highest BCUT2D eigenvalue weighted by molar-refractivity contribution is 9.08. The Morgan fingerprint density at radius 3 is 2.38 bits per heavy atom. The number of rotatable bonds is 8. The number of hydrogen-bond acceptors (Lipinski definition) is 3. The first-order valence-corrected chi connectivity index (χ1v) is 7.99. The van der Waals surface area contributed by atoms with Gasteiger partial charge < -0.3 is 14.2 Å². The van der Waals surface area contributed by atoms with Crippen molar-refractivity contribution in [3.63, 3.8) is 0 Å². The van der Waals surface area contributed by atoms with E-state index in [-0.39, 0.29) is 0 Å². The molecule has 0 N–H and O–H groups in total. The molecule has 2 rings (SSSR count). The average molecular weight is 351 g/mol. The number of methoxy groups -OCH3 is 1. The Morgan fingerprint density at radius 1 is 0.905 bits per heavy atom. The molecule has 0 aliphatic heterocycles. The van der Waals surface area contributed by atoms with Crippen LogP contribution in [0.25, 0.3) is 0 Å². The molecule has 0 saturated carbocycles. The summed E-state index contributed by atoms with van der Waals surface area (Å²) in [5, 5.41) is 0.736. The van der Waals surface area contributed by atoms with E-state index in [4.69, 9.17) is 14.2 Å². The minimum Gasteiger partial charge on any atom is -0.493 e. The summed E-state index contributed by atoms with van der Waals surface area (Å²) in [5.74, 6) is 2.45. The first-order valence-electron chi connectivity index (χ1n) is 6.87. The van der Waals surface area contributed by atoms with Crippen LogP contribution in [-0.4, -0.2) is 20.3 Å². The van der Waals surface area contributed by atoms with E-state index >= 15 is 0 Å². The largest absolute Gasteiger partial charge is 0.493 e. The van der Waals surface area contributed by atoms with Crippen molar-refractivity contribution in [3.8, 4) is 17.2 Å². The summed E-state index contributed by atoms with van der Waals surface area (Å²) in [5.41, 5.74) is 1.08. The van der Waals surface area contributed by atoms with Crippen LogP contribution in [0.5, 0.6) is 17.2 Å². The van der Waals surface area contributed by atoms with E-state index in [9.17, 15) is 0 Å². The maximum absolute atomic E-state index is 5.85. The van der Waals surface area contributed by atoms with Crippen LogP contribution in [0.4, 0.5) is 0 Å². The molecular weight excluding hydrogens is 332 g/mol. The van der Waals surface area contributed by atoms with Crippen LogP contribution in [0.15, 0.2) is 48.5 Å². The number of hydrogen-bond donors (Lipinski definition) is 0. The Kier molecular flexibility index (Phi) is 6.41. The van der Waals surface area contributed by atoms with Gasteiger partial charge in [0, 0.05) is 17.3 Å². The third-order valence-electron chi connectivity index (χ3n) is 2.97. The highest BCUT2D eigenvalue weighted by atomic mass is 79.9. The summed E-state index contributed by atoms with van der Waals surface area (Å²) < 4.78 is 16.8. The van der Waals surface area contributed by atoms with Crippen molar-refractivity contribution < 1.29 is 14.2 Å². The molecule has 4 heteroatoms. The van der Waals surface area contributed by atoms with Crippen LogP contribution >= 0.6 is 15.9 Å². The molecule has 0 aromatic heterocycles. The van der Waals surface area contributed by atoms with Crippen LogP contribution in [-0.2, 0) is 5.33 Å². The van der Waals surface area contributed by atoms with Crippen LogP contribution < -0.4 is 14.2 Å². The molecule has 0 fully saturated rings. The molecule has 21 heavy (non-hydrogen) atoms. The third-order valence-corrected chi connectivity index (χ3v) is 3.58. The topological polar surface area (TPSA) is 27.7 Å². The zero-order valence-electron chi connectivity index (χ0n) is 12.0. The summed E-state index contributed by atoms with van der Waals surface area (Å²) in [7, 11) is 1.65. The van der Waals surface area contributed by atoms with Gasteiger partial charge in [0.2, 0.25) is 0 Å². The summed E-state index contributed by atoms with van der Waals surface area (Å²) in [6.07, 6.45) is 0.814. The normalized spacial score (nSPS) is 10.2. The van der Waals surface area contributed by atoms with E-state index in [0.717, 1.165) is 34.6 Å². The maximum Gasteiger partial charge on any atom is 0.165 e. The number of ether oxygens (including phenoxy) is 3. The minimum atomic E-state index is 0.590. The van der Waals surface area contributed by atoms with Crippen LogP contribution in [0.2, 0.25) is 0 Å². The lowest BCUT2D eigenvalue weighted by molar-refractivity contribution is 0.239. The van der Waals surface area contributed by atoms with Crippen molar-refractivity contribution in [1.29, 1.82) is 0 Å². The molecule has 0 saturated heterocycles. The second-order valence-corrected chi connectivity index (χ2v) is 5.01. The molecule has 3 nitrogen and oxygen atoms in total. The SMILES string of the molecule is COc1cccc(CBr)c1OCCCOc1ccccc1. The fraction of sp³-hybridized carbons (Fsp3) is 0.294. The number of benzene rings is 2. The van der Waals surface area contributed by atoms with Gasteiger partial charge in [-0.15, -0.1) is 0 Å². The number of alkyl halides is 1. The quantitative estimate of drug-likeness (QED) is 0.520. The minimum absolute atomic E-state index is 0.590. The Hall–Kier alpha value is -1.68. The first kappa shape index (κ1) is 15.7. The van der Waals surface area contributed by atoms with E-state index in [1.165, 1.54) is 0 Å². The van der Waals surface area contributed by atoms with Gasteiger partial charge in [-0.1, -0.05) is 46.3 Å². The Bertz CT molecular complexity index is 521. The van der Waals surface area contributed by atoms with E-state index in [1.54, 1.807) is 7.11 Å². The zero-order valence-corrected chi connectivity index (χ0v) is 13.6. The second-order valence-electron chi connectivity index (χ2n) is 4.45. The summed E-state index contributed by atoms with van der Waals surface area (Å²) in [6.45, 7) is 1.22. The molecule has 112 valence electrons.